The monoisotopic (exact) mass is 427 g/mol. The molecular weight excluding hydrogens is 406 g/mol. The fourth-order valence-electron chi connectivity index (χ4n) is 3.05. The summed E-state index contributed by atoms with van der Waals surface area (Å²) in [7, 11) is 0. The lowest BCUT2D eigenvalue weighted by Crippen LogP contribution is -2.16. The first kappa shape index (κ1) is 21.8. The smallest absolute Gasteiger partial charge is 0.111 e. The zero-order chi connectivity index (χ0) is 22.4. The molecule has 3 aromatic rings. The first-order valence-electron chi connectivity index (χ1n) is 9.46. The van der Waals surface area contributed by atoms with Gasteiger partial charge in [0.25, 0.3) is 0 Å². The van der Waals surface area contributed by atoms with E-state index >= 15 is 0 Å². The van der Waals surface area contributed by atoms with Crippen LogP contribution in [0.2, 0.25) is 0 Å². The summed E-state index contributed by atoms with van der Waals surface area (Å²) in [5, 5.41) is 39.2. The van der Waals surface area contributed by atoms with Gasteiger partial charge in [-0.3, -0.25) is 0 Å². The number of benzene rings is 2. The Morgan fingerprint density at radius 2 is 1.84 bits per heavy atom. The first-order valence-corrected chi connectivity index (χ1v) is 10.3. The number of hydrogen-bond donors (Lipinski definition) is 2. The highest BCUT2D eigenvalue weighted by atomic mass is 32.1. The van der Waals surface area contributed by atoms with E-state index in [1.807, 2.05) is 50.2 Å². The molecule has 0 fully saturated rings. The van der Waals surface area contributed by atoms with Gasteiger partial charge in [0.1, 0.15) is 17.2 Å². The van der Waals surface area contributed by atoms with Crippen molar-refractivity contribution in [2.24, 2.45) is 5.10 Å². The minimum absolute atomic E-state index is 0.425. The second-order valence-electron chi connectivity index (χ2n) is 6.78. The van der Waals surface area contributed by atoms with Crippen molar-refractivity contribution in [2.45, 2.75) is 20.0 Å². The number of nitriles is 2. The summed E-state index contributed by atoms with van der Waals surface area (Å²) in [6.07, 6.45) is -0.911. The lowest BCUT2D eigenvalue weighted by molar-refractivity contribution is 0.218. The second kappa shape index (κ2) is 9.73. The maximum atomic E-state index is 11.0. The molecule has 0 spiro atoms. The van der Waals surface area contributed by atoms with Crippen LogP contribution in [0.5, 0.6) is 0 Å². The normalized spacial score (nSPS) is 12.2. The van der Waals surface area contributed by atoms with E-state index in [-0.39, 0.29) is 0 Å². The number of aliphatic hydroxyl groups is 1. The van der Waals surface area contributed by atoms with Crippen LogP contribution < -0.4 is 10.3 Å². The number of hydrazone groups is 1. The molecule has 1 atom stereocenters. The topological polar surface area (TPSA) is 95.4 Å². The molecule has 0 bridgehead atoms. The molecule has 0 saturated heterocycles. The van der Waals surface area contributed by atoms with Crippen molar-refractivity contribution in [3.05, 3.63) is 87.9 Å². The summed E-state index contributed by atoms with van der Waals surface area (Å²) in [5.74, 6) is 0. The van der Waals surface area contributed by atoms with Crippen molar-refractivity contribution in [1.29, 1.82) is 10.5 Å². The molecule has 0 aliphatic carbocycles. The highest BCUT2D eigenvalue weighted by Crippen LogP contribution is 2.37. The van der Waals surface area contributed by atoms with Crippen LogP contribution in [0.3, 0.4) is 0 Å². The van der Waals surface area contributed by atoms with Gasteiger partial charge >= 0.3 is 0 Å². The van der Waals surface area contributed by atoms with Crippen molar-refractivity contribution in [2.75, 3.05) is 10.3 Å². The standard InChI is InChI=1S/C24H21N5OS/c1-16(17(2)29(27-3)21-10-5-4-6-11-21)23(30)22-13-19(15-26)24(31-22)28-20-9-7-8-18(12-20)14-25/h4-13,23,28,30H,3H2,1-2H3/b17-16+. The van der Waals surface area contributed by atoms with E-state index in [9.17, 15) is 10.4 Å². The number of nitrogens with one attached hydrogen (secondary N) is 1. The molecule has 2 aromatic carbocycles. The van der Waals surface area contributed by atoms with Crippen molar-refractivity contribution in [3.63, 3.8) is 0 Å². The lowest BCUT2D eigenvalue weighted by Gasteiger charge is -2.23. The minimum atomic E-state index is -0.911. The first-order chi connectivity index (χ1) is 15.0. The molecule has 0 amide bonds. The minimum Gasteiger partial charge on any atom is -0.383 e. The van der Waals surface area contributed by atoms with Gasteiger partial charge in [0, 0.05) is 23.0 Å². The molecule has 0 aliphatic heterocycles. The van der Waals surface area contributed by atoms with Crippen LogP contribution in [0.1, 0.15) is 36.0 Å². The number of rotatable bonds is 7. The number of anilines is 3. The van der Waals surface area contributed by atoms with Gasteiger partial charge in [-0.25, -0.2) is 5.01 Å². The number of hydrogen-bond acceptors (Lipinski definition) is 7. The van der Waals surface area contributed by atoms with E-state index in [1.54, 1.807) is 29.3 Å². The Hall–Kier alpha value is -3.91. The SMILES string of the molecule is C=NN(/C(C)=C(\C)C(O)c1cc(C#N)c(Nc2cccc(C#N)c2)s1)c1ccccc1. The molecule has 2 N–H and O–H groups in total. The summed E-state index contributed by atoms with van der Waals surface area (Å²) < 4.78 is 0. The summed E-state index contributed by atoms with van der Waals surface area (Å²) in [4.78, 5) is 0.629. The Morgan fingerprint density at radius 1 is 1.10 bits per heavy atom. The largest absolute Gasteiger partial charge is 0.383 e. The van der Waals surface area contributed by atoms with Gasteiger partial charge in [-0.1, -0.05) is 24.3 Å². The Labute approximate surface area is 185 Å². The number of nitrogens with zero attached hydrogens (tertiary/aromatic N) is 4. The van der Waals surface area contributed by atoms with Crippen molar-refractivity contribution in [1.82, 2.24) is 0 Å². The van der Waals surface area contributed by atoms with Crippen LogP contribution in [0.4, 0.5) is 16.4 Å². The average molecular weight is 428 g/mol. The van der Waals surface area contributed by atoms with Crippen LogP contribution in [0.15, 0.2) is 77.0 Å². The number of allylic oxidation sites excluding steroid dienone is 1. The molecule has 1 unspecified atom stereocenters. The molecule has 7 heteroatoms. The number of aliphatic hydroxyl groups excluding tert-OH is 1. The summed E-state index contributed by atoms with van der Waals surface area (Å²) in [6, 6.07) is 22.5. The Bertz CT molecular complexity index is 1200. The van der Waals surface area contributed by atoms with Gasteiger partial charge in [-0.05, 0) is 55.8 Å². The van der Waals surface area contributed by atoms with Crippen LogP contribution in [-0.4, -0.2) is 11.8 Å². The van der Waals surface area contributed by atoms with Crippen LogP contribution in [-0.2, 0) is 0 Å². The van der Waals surface area contributed by atoms with E-state index < -0.39 is 6.10 Å². The van der Waals surface area contributed by atoms with Crippen LogP contribution in [0.25, 0.3) is 0 Å². The maximum Gasteiger partial charge on any atom is 0.111 e. The highest BCUT2D eigenvalue weighted by molar-refractivity contribution is 7.16. The number of para-hydroxylation sites is 1. The summed E-state index contributed by atoms with van der Waals surface area (Å²) >= 11 is 1.30. The third-order valence-electron chi connectivity index (χ3n) is 4.83. The molecule has 0 saturated carbocycles. The van der Waals surface area contributed by atoms with Gasteiger partial charge < -0.3 is 10.4 Å². The molecular formula is C24H21N5OS. The number of thiophene rings is 1. The van der Waals surface area contributed by atoms with Crippen molar-refractivity contribution in [3.8, 4) is 12.1 Å². The molecule has 0 aliphatic rings. The Kier molecular flexibility index (Phi) is 6.84. The Morgan fingerprint density at radius 3 is 2.48 bits per heavy atom. The van der Waals surface area contributed by atoms with Gasteiger partial charge in [0.2, 0.25) is 0 Å². The third kappa shape index (κ3) is 4.81. The molecule has 1 heterocycles. The van der Waals surface area contributed by atoms with E-state index in [0.717, 1.165) is 11.4 Å². The second-order valence-corrected chi connectivity index (χ2v) is 7.86. The highest BCUT2D eigenvalue weighted by Gasteiger charge is 2.20. The fraction of sp³-hybridized carbons (Fsp3) is 0.125. The fourth-order valence-corrected chi connectivity index (χ4v) is 4.13. The molecule has 1 aromatic heterocycles. The van der Waals surface area contributed by atoms with Gasteiger partial charge in [-0.2, -0.15) is 15.6 Å². The third-order valence-corrected chi connectivity index (χ3v) is 5.93. The van der Waals surface area contributed by atoms with Gasteiger partial charge in [0.15, 0.2) is 0 Å². The molecule has 154 valence electrons. The zero-order valence-corrected chi connectivity index (χ0v) is 18.0. The zero-order valence-electron chi connectivity index (χ0n) is 17.2. The van der Waals surface area contributed by atoms with Gasteiger partial charge in [-0.15, -0.1) is 11.3 Å². The predicted octanol–water partition coefficient (Wildman–Crippen LogP) is 5.68. The van der Waals surface area contributed by atoms with Crippen molar-refractivity contribution < 1.29 is 5.11 Å². The van der Waals surface area contributed by atoms with E-state index in [2.05, 4.69) is 29.3 Å². The van der Waals surface area contributed by atoms with Gasteiger partial charge in [0.05, 0.1) is 22.9 Å². The van der Waals surface area contributed by atoms with E-state index in [1.165, 1.54) is 11.3 Å². The summed E-state index contributed by atoms with van der Waals surface area (Å²) in [5.41, 5.74) is 3.93. The molecule has 0 radical (unpaired) electrons. The average Bonchev–Trinajstić information content (AvgIpc) is 3.22. The predicted molar refractivity (Wildman–Crippen MR) is 125 cm³/mol. The molecule has 6 nitrogen and oxygen atoms in total. The van der Waals surface area contributed by atoms with E-state index in [0.29, 0.717) is 32.3 Å². The molecule has 3 rings (SSSR count). The van der Waals surface area contributed by atoms with Crippen LogP contribution >= 0.6 is 11.3 Å². The Balaban J connectivity index is 1.91. The lowest BCUT2D eigenvalue weighted by atomic mass is 10.1. The van der Waals surface area contributed by atoms with Crippen LogP contribution in [0, 0.1) is 22.7 Å². The summed E-state index contributed by atoms with van der Waals surface area (Å²) in [6.45, 7) is 7.35. The maximum absolute atomic E-state index is 11.0. The molecule has 31 heavy (non-hydrogen) atoms. The quantitative estimate of drug-likeness (QED) is 0.373. The van der Waals surface area contributed by atoms with Crippen molar-refractivity contribution >= 4 is 34.4 Å². The van der Waals surface area contributed by atoms with E-state index in [4.69, 9.17) is 5.26 Å².